The molecule has 18 heavy (non-hydrogen) atoms. The van der Waals surface area contributed by atoms with Gasteiger partial charge in [-0.25, -0.2) is 13.6 Å². The number of hydrogen-bond acceptors (Lipinski definition) is 3. The number of primary sulfonamides is 1. The SMILES string of the molecule is NS(=O)(=O)c1ccc(-c2ccccc2)cc1CO. The fourth-order valence-corrected chi connectivity index (χ4v) is 2.54. The summed E-state index contributed by atoms with van der Waals surface area (Å²) in [5.41, 5.74) is 2.10. The van der Waals surface area contributed by atoms with Gasteiger partial charge >= 0.3 is 0 Å². The molecular weight excluding hydrogens is 250 g/mol. The van der Waals surface area contributed by atoms with Crippen molar-refractivity contribution in [3.05, 3.63) is 54.1 Å². The van der Waals surface area contributed by atoms with Gasteiger partial charge in [-0.15, -0.1) is 0 Å². The monoisotopic (exact) mass is 263 g/mol. The van der Waals surface area contributed by atoms with E-state index in [1.54, 1.807) is 12.1 Å². The van der Waals surface area contributed by atoms with Gasteiger partial charge in [0.05, 0.1) is 11.5 Å². The predicted octanol–water partition coefficient (Wildman–Crippen LogP) is 1.49. The second kappa shape index (κ2) is 4.89. The lowest BCUT2D eigenvalue weighted by atomic mass is 10.0. The highest BCUT2D eigenvalue weighted by Crippen LogP contribution is 2.24. The third-order valence-corrected chi connectivity index (χ3v) is 3.66. The Kier molecular flexibility index (Phi) is 3.47. The van der Waals surface area contributed by atoms with Crippen LogP contribution in [0.1, 0.15) is 5.56 Å². The first-order chi connectivity index (χ1) is 8.52. The van der Waals surface area contributed by atoms with Crippen molar-refractivity contribution >= 4 is 10.0 Å². The zero-order valence-corrected chi connectivity index (χ0v) is 10.4. The van der Waals surface area contributed by atoms with Gasteiger partial charge in [-0.1, -0.05) is 36.4 Å². The van der Waals surface area contributed by atoms with Crippen LogP contribution >= 0.6 is 0 Å². The summed E-state index contributed by atoms with van der Waals surface area (Å²) in [5, 5.41) is 14.3. The van der Waals surface area contributed by atoms with E-state index in [2.05, 4.69) is 0 Å². The number of hydrogen-bond donors (Lipinski definition) is 2. The van der Waals surface area contributed by atoms with Crippen molar-refractivity contribution in [1.82, 2.24) is 0 Å². The summed E-state index contributed by atoms with van der Waals surface area (Å²) >= 11 is 0. The van der Waals surface area contributed by atoms with Gasteiger partial charge in [-0.2, -0.15) is 0 Å². The van der Waals surface area contributed by atoms with E-state index in [1.807, 2.05) is 30.3 Å². The minimum absolute atomic E-state index is 0.0373. The molecule has 0 unspecified atom stereocenters. The molecule has 0 amide bonds. The van der Waals surface area contributed by atoms with Gasteiger partial charge in [0.25, 0.3) is 0 Å². The molecule has 0 saturated carbocycles. The van der Waals surface area contributed by atoms with Gasteiger partial charge in [-0.3, -0.25) is 0 Å². The second-order valence-corrected chi connectivity index (χ2v) is 5.42. The first-order valence-corrected chi connectivity index (χ1v) is 6.89. The summed E-state index contributed by atoms with van der Waals surface area (Å²) in [6.45, 7) is -0.369. The lowest BCUT2D eigenvalue weighted by Gasteiger charge is -2.08. The van der Waals surface area contributed by atoms with Crippen molar-refractivity contribution in [2.45, 2.75) is 11.5 Å². The number of nitrogens with two attached hydrogens (primary N) is 1. The van der Waals surface area contributed by atoms with Crippen LogP contribution < -0.4 is 5.14 Å². The molecule has 0 radical (unpaired) electrons. The van der Waals surface area contributed by atoms with Crippen LogP contribution in [0.2, 0.25) is 0 Å². The third kappa shape index (κ3) is 2.59. The fraction of sp³-hybridized carbons (Fsp3) is 0.0769. The molecule has 2 aromatic rings. The number of aliphatic hydroxyl groups is 1. The molecule has 0 aliphatic carbocycles. The molecule has 0 aliphatic rings. The Hall–Kier alpha value is -1.69. The van der Waals surface area contributed by atoms with Crippen LogP contribution in [-0.4, -0.2) is 13.5 Å². The van der Waals surface area contributed by atoms with Gasteiger partial charge in [0.15, 0.2) is 0 Å². The lowest BCUT2D eigenvalue weighted by Crippen LogP contribution is -2.14. The molecule has 0 atom stereocenters. The summed E-state index contributed by atoms with van der Waals surface area (Å²) in [7, 11) is -3.80. The molecule has 4 nitrogen and oxygen atoms in total. The Morgan fingerprint density at radius 3 is 2.22 bits per heavy atom. The van der Waals surface area contributed by atoms with Crippen LogP contribution in [0.3, 0.4) is 0 Å². The molecule has 2 aromatic carbocycles. The molecule has 0 aliphatic heterocycles. The second-order valence-electron chi connectivity index (χ2n) is 3.89. The topological polar surface area (TPSA) is 80.4 Å². The zero-order valence-electron chi connectivity index (χ0n) is 9.58. The quantitative estimate of drug-likeness (QED) is 0.880. The van der Waals surface area contributed by atoms with E-state index >= 15 is 0 Å². The highest BCUT2D eigenvalue weighted by atomic mass is 32.2. The fourth-order valence-electron chi connectivity index (χ4n) is 1.79. The number of benzene rings is 2. The van der Waals surface area contributed by atoms with Crippen LogP contribution in [0.25, 0.3) is 11.1 Å². The van der Waals surface area contributed by atoms with Gasteiger partial charge in [0.2, 0.25) is 10.0 Å². The van der Waals surface area contributed by atoms with Crippen molar-refractivity contribution in [3.8, 4) is 11.1 Å². The summed E-state index contributed by atoms with van der Waals surface area (Å²) in [4.78, 5) is -0.0373. The molecule has 0 bridgehead atoms. The molecule has 0 heterocycles. The molecule has 0 saturated heterocycles. The highest BCUT2D eigenvalue weighted by Gasteiger charge is 2.14. The van der Waals surface area contributed by atoms with Crippen LogP contribution in [0.15, 0.2) is 53.4 Å². The van der Waals surface area contributed by atoms with Gasteiger partial charge in [-0.05, 0) is 28.8 Å². The first kappa shape index (κ1) is 12.8. The van der Waals surface area contributed by atoms with Crippen LogP contribution in [0.4, 0.5) is 0 Å². The van der Waals surface area contributed by atoms with Crippen molar-refractivity contribution in [2.75, 3.05) is 0 Å². The minimum atomic E-state index is -3.80. The molecule has 5 heteroatoms. The Bertz CT molecular complexity index is 651. The largest absolute Gasteiger partial charge is 0.392 e. The zero-order chi connectivity index (χ0) is 13.2. The Morgan fingerprint density at radius 1 is 1.00 bits per heavy atom. The first-order valence-electron chi connectivity index (χ1n) is 5.34. The maximum atomic E-state index is 11.3. The van der Waals surface area contributed by atoms with Gasteiger partial charge in [0, 0.05) is 0 Å². The molecule has 94 valence electrons. The molecular formula is C13H13NO3S. The predicted molar refractivity (Wildman–Crippen MR) is 69.2 cm³/mol. The standard InChI is InChI=1S/C13H13NO3S/c14-18(16,17)13-7-6-11(8-12(13)9-15)10-4-2-1-3-5-10/h1-8,15H,9H2,(H2,14,16,17). The van der Waals surface area contributed by atoms with Crippen LogP contribution in [0.5, 0.6) is 0 Å². The molecule has 2 rings (SSSR count). The van der Waals surface area contributed by atoms with Crippen molar-refractivity contribution in [3.63, 3.8) is 0 Å². The number of sulfonamides is 1. The highest BCUT2D eigenvalue weighted by molar-refractivity contribution is 7.89. The summed E-state index contributed by atoms with van der Waals surface area (Å²) < 4.78 is 22.7. The van der Waals surface area contributed by atoms with E-state index in [1.165, 1.54) is 6.07 Å². The average molecular weight is 263 g/mol. The Labute approximate surface area is 106 Å². The lowest BCUT2D eigenvalue weighted by molar-refractivity contribution is 0.278. The van der Waals surface area contributed by atoms with Crippen LogP contribution in [-0.2, 0) is 16.6 Å². The molecule has 0 spiro atoms. The van der Waals surface area contributed by atoms with E-state index in [0.717, 1.165) is 11.1 Å². The van der Waals surface area contributed by atoms with Crippen LogP contribution in [0, 0.1) is 0 Å². The summed E-state index contributed by atoms with van der Waals surface area (Å²) in [6, 6.07) is 14.2. The smallest absolute Gasteiger partial charge is 0.238 e. The summed E-state index contributed by atoms with van der Waals surface area (Å²) in [5.74, 6) is 0. The normalized spacial score (nSPS) is 11.4. The van der Waals surface area contributed by atoms with E-state index in [0.29, 0.717) is 5.56 Å². The minimum Gasteiger partial charge on any atom is -0.392 e. The maximum Gasteiger partial charge on any atom is 0.238 e. The Balaban J connectivity index is 2.56. The van der Waals surface area contributed by atoms with Gasteiger partial charge in [0.1, 0.15) is 0 Å². The molecule has 0 fully saturated rings. The number of aliphatic hydroxyl groups excluding tert-OH is 1. The Morgan fingerprint density at radius 2 is 1.67 bits per heavy atom. The van der Waals surface area contributed by atoms with Crippen molar-refractivity contribution in [1.29, 1.82) is 0 Å². The maximum absolute atomic E-state index is 11.3. The molecule has 0 aromatic heterocycles. The van der Waals surface area contributed by atoms with Crippen molar-refractivity contribution < 1.29 is 13.5 Å². The third-order valence-electron chi connectivity index (χ3n) is 2.64. The van der Waals surface area contributed by atoms with E-state index in [-0.39, 0.29) is 11.5 Å². The number of rotatable bonds is 3. The van der Waals surface area contributed by atoms with Gasteiger partial charge < -0.3 is 5.11 Å². The van der Waals surface area contributed by atoms with E-state index in [9.17, 15) is 13.5 Å². The summed E-state index contributed by atoms with van der Waals surface area (Å²) in [6.07, 6.45) is 0. The van der Waals surface area contributed by atoms with E-state index in [4.69, 9.17) is 5.14 Å². The van der Waals surface area contributed by atoms with Crippen molar-refractivity contribution in [2.24, 2.45) is 5.14 Å². The average Bonchev–Trinajstić information content (AvgIpc) is 2.38. The van der Waals surface area contributed by atoms with E-state index < -0.39 is 10.0 Å². The molecule has 3 N–H and O–H groups in total.